The molecule has 6 aromatic rings. The predicted octanol–water partition coefficient (Wildman–Crippen LogP) is 8.91. The van der Waals surface area contributed by atoms with Crippen LogP contribution in [-0.2, 0) is 49.0 Å². The SMILES string of the molecule is C1COCCN1.COc1cncc2c1[C@]1(O)C(C=O)C[C@@H](c3ccccc3)[C@]1(c1ccc(C(F)(F)F)cc1)O2.COc1cncc2c1[C@]1(O)[C@@H](CN3CCOCC3)C[C@@H](c3ccccc3)[C@]1(c1ccc(C(F)(F)F)cc1)O2. The number of nitrogens with one attached hydrogen (secondary N) is 1. The summed E-state index contributed by atoms with van der Waals surface area (Å²) in [5.41, 5.74) is -4.72. The third-order valence-electron chi connectivity index (χ3n) is 16.0. The van der Waals surface area contributed by atoms with Gasteiger partial charge in [0.2, 0.25) is 0 Å². The topological polar surface area (TPSA) is 154 Å². The van der Waals surface area contributed by atoms with E-state index in [-0.39, 0.29) is 35.3 Å². The minimum atomic E-state index is -4.51. The number of hydrogen-bond donors (Lipinski definition) is 3. The maximum Gasteiger partial charge on any atom is 0.416 e. The molecule has 12 rings (SSSR count). The van der Waals surface area contributed by atoms with Crippen molar-refractivity contribution in [3.63, 3.8) is 0 Å². The second kappa shape index (κ2) is 21.3. The number of halogens is 6. The molecule has 2 aliphatic carbocycles. The van der Waals surface area contributed by atoms with Crippen LogP contribution in [0.1, 0.15) is 69.2 Å². The third kappa shape index (κ3) is 9.17. The Balaban J connectivity index is 0.000000159. The van der Waals surface area contributed by atoms with Crippen molar-refractivity contribution < 1.29 is 69.8 Å². The molecule has 4 fully saturated rings. The number of morpholine rings is 2. The third-order valence-corrected chi connectivity index (χ3v) is 16.0. The maximum atomic E-state index is 13.5. The molecular formula is C58H58F6N4O9. The number of fused-ring (bicyclic) bond motifs is 6. The molecule has 0 radical (unpaired) electrons. The summed E-state index contributed by atoms with van der Waals surface area (Å²) < 4.78 is 115. The van der Waals surface area contributed by atoms with Crippen molar-refractivity contribution in [2.45, 2.75) is 59.4 Å². The minimum absolute atomic E-state index is 0.226. The standard InChI is InChI=1S/C29H29F3N2O4.C25H20F3NO4.C4H9NO/c1-36-24-16-33-17-25-26(24)27(35)22(18-34-11-13-37-14-12-34)15-23(19-5-3-2-4-6-19)28(27,38-25)20-7-9-21(10-8-20)29(30,31)32;1-32-20-12-29-13-21-22(20)23(31)18(14-30)11-19(15-5-3-2-4-6-15)24(23,33-21)16-7-9-17(10-8-16)25(26,27)28;1-3-6-4-2-5-1/h2-10,16-17,22-23,35H,11-15,18H2,1H3;2-10,12-14,18-19,31H,11H2,1H3;5H,1-4H2/t22-,23+,27-,28+;18?,19-,23+,24-;/m10./s1. The molecule has 0 amide bonds. The molecule has 4 aliphatic heterocycles. The van der Waals surface area contributed by atoms with Crippen molar-refractivity contribution in [1.82, 2.24) is 20.2 Å². The van der Waals surface area contributed by atoms with Gasteiger partial charge in [-0.2, -0.15) is 26.3 Å². The zero-order valence-electron chi connectivity index (χ0n) is 42.2. The molecule has 0 bridgehead atoms. The van der Waals surface area contributed by atoms with Crippen LogP contribution in [-0.4, -0.2) is 105 Å². The van der Waals surface area contributed by atoms with Gasteiger partial charge in [0.1, 0.15) is 34.9 Å². The number of aliphatic hydroxyl groups is 2. The zero-order valence-corrected chi connectivity index (χ0v) is 42.2. The van der Waals surface area contributed by atoms with E-state index >= 15 is 0 Å². The van der Waals surface area contributed by atoms with E-state index in [4.69, 9.17) is 28.4 Å². The van der Waals surface area contributed by atoms with Gasteiger partial charge in [0.05, 0.1) is 93.6 Å². The Hall–Kier alpha value is -6.61. The van der Waals surface area contributed by atoms with Gasteiger partial charge in [-0.15, -0.1) is 0 Å². The highest BCUT2D eigenvalue weighted by atomic mass is 19.4. The number of benzene rings is 4. The summed E-state index contributed by atoms with van der Waals surface area (Å²) in [6, 6.07) is 28.5. The number of aromatic nitrogens is 2. The van der Waals surface area contributed by atoms with Gasteiger partial charge in [-0.3, -0.25) is 14.9 Å². The van der Waals surface area contributed by atoms with Crippen molar-refractivity contribution in [1.29, 1.82) is 0 Å². The molecule has 2 saturated carbocycles. The number of pyridine rings is 2. The summed E-state index contributed by atoms with van der Waals surface area (Å²) in [5, 5.41) is 28.5. The summed E-state index contributed by atoms with van der Waals surface area (Å²) in [6.45, 7) is 7.09. The first-order chi connectivity index (χ1) is 37.1. The maximum absolute atomic E-state index is 13.5. The highest BCUT2D eigenvalue weighted by Gasteiger charge is 2.75. The second-order valence-corrected chi connectivity index (χ2v) is 19.9. The molecule has 1 unspecified atom stereocenters. The number of nitrogens with zero attached hydrogens (tertiary/aromatic N) is 3. The van der Waals surface area contributed by atoms with E-state index in [2.05, 4.69) is 20.2 Å². The molecule has 0 spiro atoms. The van der Waals surface area contributed by atoms with Crippen LogP contribution < -0.4 is 24.3 Å². The average molecular weight is 1070 g/mol. The van der Waals surface area contributed by atoms with Crippen molar-refractivity contribution in [2.75, 3.05) is 73.4 Å². The van der Waals surface area contributed by atoms with E-state index in [0.717, 1.165) is 74.8 Å². The minimum Gasteiger partial charge on any atom is -0.495 e. The van der Waals surface area contributed by atoms with E-state index in [0.29, 0.717) is 60.7 Å². The molecule has 8 atom stereocenters. The highest BCUT2D eigenvalue weighted by Crippen LogP contribution is 2.71. The van der Waals surface area contributed by atoms with Crippen LogP contribution in [0.4, 0.5) is 26.3 Å². The lowest BCUT2D eigenvalue weighted by molar-refractivity contribution is -0.141. The number of alkyl halides is 6. The number of hydrogen-bond acceptors (Lipinski definition) is 13. The van der Waals surface area contributed by atoms with Crippen molar-refractivity contribution in [3.05, 3.63) is 178 Å². The number of carbonyl (C=O) groups excluding carboxylic acids is 1. The van der Waals surface area contributed by atoms with Crippen LogP contribution in [0, 0.1) is 11.8 Å². The van der Waals surface area contributed by atoms with Gasteiger partial charge in [0, 0.05) is 50.5 Å². The van der Waals surface area contributed by atoms with Crippen molar-refractivity contribution >= 4 is 6.29 Å². The molecule has 406 valence electrons. The first-order valence-corrected chi connectivity index (χ1v) is 25.4. The quantitative estimate of drug-likeness (QED) is 0.0934. The first kappa shape index (κ1) is 53.8. The predicted molar refractivity (Wildman–Crippen MR) is 268 cm³/mol. The van der Waals surface area contributed by atoms with Crippen LogP contribution in [0.2, 0.25) is 0 Å². The Labute approximate surface area is 441 Å². The number of ether oxygens (including phenoxy) is 6. The van der Waals surface area contributed by atoms with Gasteiger partial charge < -0.3 is 48.7 Å². The summed E-state index contributed by atoms with van der Waals surface area (Å²) in [4.78, 5) is 22.9. The summed E-state index contributed by atoms with van der Waals surface area (Å²) in [5.74, 6) is -0.873. The fourth-order valence-corrected chi connectivity index (χ4v) is 12.6. The molecule has 3 N–H and O–H groups in total. The normalized spacial score (nSPS) is 28.2. The number of aldehydes is 1. The van der Waals surface area contributed by atoms with Crippen LogP contribution in [0.15, 0.2) is 134 Å². The Bertz CT molecular complexity index is 2990. The van der Waals surface area contributed by atoms with Crippen LogP contribution >= 0.6 is 0 Å². The average Bonchev–Trinajstić information content (AvgIpc) is 4.25. The number of methoxy groups -OCH3 is 2. The molecule has 13 nitrogen and oxygen atoms in total. The molecular weight excluding hydrogens is 1010 g/mol. The Morgan fingerprint density at radius 3 is 1.48 bits per heavy atom. The number of rotatable bonds is 9. The van der Waals surface area contributed by atoms with Crippen LogP contribution in [0.5, 0.6) is 23.0 Å². The Kier molecular flexibility index (Phi) is 14.9. The van der Waals surface area contributed by atoms with Crippen molar-refractivity contribution in [2.24, 2.45) is 11.8 Å². The highest BCUT2D eigenvalue weighted by molar-refractivity contribution is 5.68. The Morgan fingerprint density at radius 2 is 1.06 bits per heavy atom. The van der Waals surface area contributed by atoms with E-state index in [1.807, 2.05) is 60.7 Å². The summed E-state index contributed by atoms with van der Waals surface area (Å²) >= 11 is 0. The second-order valence-electron chi connectivity index (χ2n) is 19.9. The molecule has 2 aromatic heterocycles. The summed E-state index contributed by atoms with van der Waals surface area (Å²) in [7, 11) is 2.93. The fraction of sp³-hybridized carbons (Fsp3) is 0.397. The lowest BCUT2D eigenvalue weighted by atomic mass is 9.69. The molecule has 4 aromatic carbocycles. The fourth-order valence-electron chi connectivity index (χ4n) is 12.6. The van der Waals surface area contributed by atoms with Gasteiger partial charge >= 0.3 is 12.4 Å². The Morgan fingerprint density at radius 1 is 0.623 bits per heavy atom. The number of carbonyl (C=O) groups is 1. The van der Waals surface area contributed by atoms with Gasteiger partial charge in [0.15, 0.2) is 16.8 Å². The molecule has 6 heterocycles. The lowest BCUT2D eigenvalue weighted by Crippen LogP contribution is -2.53. The van der Waals surface area contributed by atoms with E-state index in [1.165, 1.54) is 50.9 Å². The van der Waals surface area contributed by atoms with E-state index in [1.54, 1.807) is 12.4 Å². The van der Waals surface area contributed by atoms with Crippen LogP contribution in [0.3, 0.4) is 0 Å². The van der Waals surface area contributed by atoms with Crippen molar-refractivity contribution in [3.8, 4) is 23.0 Å². The smallest absolute Gasteiger partial charge is 0.416 e. The summed E-state index contributed by atoms with van der Waals surface area (Å²) in [6.07, 6.45) is -1.59. The van der Waals surface area contributed by atoms with Gasteiger partial charge in [-0.25, -0.2) is 0 Å². The molecule has 77 heavy (non-hydrogen) atoms. The van der Waals surface area contributed by atoms with Gasteiger partial charge in [-0.1, -0.05) is 84.9 Å². The van der Waals surface area contributed by atoms with Crippen LogP contribution in [0.25, 0.3) is 0 Å². The van der Waals surface area contributed by atoms with E-state index < -0.39 is 57.7 Å². The molecule has 6 aliphatic rings. The first-order valence-electron chi connectivity index (χ1n) is 25.4. The van der Waals surface area contributed by atoms with Gasteiger partial charge in [-0.05, 0) is 59.4 Å². The zero-order chi connectivity index (χ0) is 54.2. The monoisotopic (exact) mass is 1070 g/mol. The largest absolute Gasteiger partial charge is 0.495 e. The lowest BCUT2D eigenvalue weighted by Gasteiger charge is -2.43. The van der Waals surface area contributed by atoms with Gasteiger partial charge in [0.25, 0.3) is 0 Å². The molecule has 19 heteroatoms. The van der Waals surface area contributed by atoms with E-state index in [9.17, 15) is 41.4 Å². The molecule has 2 saturated heterocycles.